The molecule has 2 atom stereocenters. The van der Waals surface area contributed by atoms with Crippen LogP contribution in [0.25, 0.3) is 0 Å². The molecule has 1 aliphatic rings. The van der Waals surface area contributed by atoms with Crippen molar-refractivity contribution in [3.05, 3.63) is 58.1 Å². The van der Waals surface area contributed by atoms with E-state index < -0.39 is 0 Å². The van der Waals surface area contributed by atoms with Gasteiger partial charge in [-0.05, 0) is 43.3 Å². The second-order valence-corrected chi connectivity index (χ2v) is 7.96. The SMILES string of the molecule is C[C@@H](C(=O)Nc1ccc(N2CCOCC2)cc1)[NH+](C)Cc1ccc(Cl)cc1Cl. The molecule has 0 aromatic heterocycles. The largest absolute Gasteiger partial charge is 0.378 e. The number of likely N-dealkylation sites (N-methyl/N-ethyl adjacent to an activating group) is 1. The zero-order valence-corrected chi connectivity index (χ0v) is 17.7. The van der Waals surface area contributed by atoms with Crippen molar-refractivity contribution in [1.82, 2.24) is 0 Å². The quantitative estimate of drug-likeness (QED) is 0.751. The van der Waals surface area contributed by atoms with E-state index in [1.165, 1.54) is 0 Å². The third-order valence-electron chi connectivity index (χ3n) is 5.13. The van der Waals surface area contributed by atoms with Crippen molar-refractivity contribution < 1.29 is 14.4 Å². The Balaban J connectivity index is 1.57. The number of hydrogen-bond donors (Lipinski definition) is 2. The van der Waals surface area contributed by atoms with E-state index in [1.807, 2.05) is 50.4 Å². The van der Waals surface area contributed by atoms with E-state index in [1.54, 1.807) is 6.07 Å². The fourth-order valence-electron chi connectivity index (χ4n) is 3.17. The van der Waals surface area contributed by atoms with Crippen molar-refractivity contribution in [2.75, 3.05) is 43.6 Å². The summed E-state index contributed by atoms with van der Waals surface area (Å²) >= 11 is 12.2. The van der Waals surface area contributed by atoms with Gasteiger partial charge in [-0.3, -0.25) is 4.79 Å². The van der Waals surface area contributed by atoms with Crippen LogP contribution < -0.4 is 15.1 Å². The highest BCUT2D eigenvalue weighted by atomic mass is 35.5. The number of rotatable bonds is 6. The maximum absolute atomic E-state index is 12.7. The molecule has 3 rings (SSSR count). The molecule has 28 heavy (non-hydrogen) atoms. The van der Waals surface area contributed by atoms with Gasteiger partial charge in [0.25, 0.3) is 5.91 Å². The molecule has 7 heteroatoms. The molecule has 0 spiro atoms. The summed E-state index contributed by atoms with van der Waals surface area (Å²) in [5.41, 5.74) is 2.92. The molecule has 1 heterocycles. The van der Waals surface area contributed by atoms with Gasteiger partial charge in [0.05, 0.1) is 25.3 Å². The van der Waals surface area contributed by atoms with Crippen LogP contribution in [-0.4, -0.2) is 45.3 Å². The molecule has 1 saturated heterocycles. The van der Waals surface area contributed by atoms with Gasteiger partial charge in [0, 0.05) is 35.1 Å². The molecule has 2 aromatic carbocycles. The number of nitrogens with one attached hydrogen (secondary N) is 2. The first-order valence-corrected chi connectivity index (χ1v) is 10.2. The Hall–Kier alpha value is -1.79. The number of carbonyl (C=O) groups excluding carboxylic acids is 1. The van der Waals surface area contributed by atoms with Crippen LogP contribution in [0.2, 0.25) is 10.0 Å². The standard InChI is InChI=1S/C21H25Cl2N3O2/c1-15(25(2)14-16-3-4-17(22)13-20(16)23)21(27)24-18-5-7-19(8-6-18)26-9-11-28-12-10-26/h3-8,13,15H,9-12,14H2,1-2H3,(H,24,27)/p+1/t15-/m0/s1. The third kappa shape index (κ3) is 5.39. The Morgan fingerprint density at radius 3 is 2.50 bits per heavy atom. The Kier molecular flexibility index (Phi) is 7.18. The van der Waals surface area contributed by atoms with E-state index in [2.05, 4.69) is 10.2 Å². The van der Waals surface area contributed by atoms with E-state index in [0.29, 0.717) is 16.6 Å². The lowest BCUT2D eigenvalue weighted by Crippen LogP contribution is -3.12. The number of morpholine rings is 1. The normalized spacial score (nSPS) is 16.5. The van der Waals surface area contributed by atoms with Crippen LogP contribution in [-0.2, 0) is 16.1 Å². The first kappa shape index (κ1) is 20.9. The van der Waals surface area contributed by atoms with E-state index in [9.17, 15) is 4.79 Å². The van der Waals surface area contributed by atoms with E-state index in [-0.39, 0.29) is 11.9 Å². The monoisotopic (exact) mass is 422 g/mol. The number of anilines is 2. The van der Waals surface area contributed by atoms with Gasteiger partial charge in [-0.15, -0.1) is 0 Å². The molecule has 150 valence electrons. The highest BCUT2D eigenvalue weighted by Crippen LogP contribution is 2.21. The van der Waals surface area contributed by atoms with Crippen LogP contribution in [0.1, 0.15) is 12.5 Å². The first-order chi connectivity index (χ1) is 13.4. The summed E-state index contributed by atoms with van der Waals surface area (Å²) in [4.78, 5) is 16.0. The fraction of sp³-hybridized carbons (Fsp3) is 0.381. The van der Waals surface area contributed by atoms with E-state index >= 15 is 0 Å². The van der Waals surface area contributed by atoms with Crippen LogP contribution >= 0.6 is 23.2 Å². The Labute approximate surface area is 176 Å². The fourth-order valence-corrected chi connectivity index (χ4v) is 3.65. The van der Waals surface area contributed by atoms with Crippen molar-refractivity contribution in [1.29, 1.82) is 0 Å². The molecule has 0 radical (unpaired) electrons. The number of carbonyl (C=O) groups is 1. The Morgan fingerprint density at radius 2 is 1.86 bits per heavy atom. The van der Waals surface area contributed by atoms with Gasteiger partial charge in [0.15, 0.2) is 6.04 Å². The first-order valence-electron chi connectivity index (χ1n) is 9.44. The summed E-state index contributed by atoms with van der Waals surface area (Å²) in [6.45, 7) is 5.84. The van der Waals surface area contributed by atoms with Crippen molar-refractivity contribution in [2.24, 2.45) is 0 Å². The molecule has 0 saturated carbocycles. The molecule has 1 fully saturated rings. The average molecular weight is 423 g/mol. The molecular formula is C21H26Cl2N3O2+. The van der Waals surface area contributed by atoms with E-state index in [4.69, 9.17) is 27.9 Å². The van der Waals surface area contributed by atoms with Crippen molar-refractivity contribution in [2.45, 2.75) is 19.5 Å². The predicted octanol–water partition coefficient (Wildman–Crippen LogP) is 2.87. The van der Waals surface area contributed by atoms with Gasteiger partial charge in [0.1, 0.15) is 6.54 Å². The second-order valence-electron chi connectivity index (χ2n) is 7.12. The van der Waals surface area contributed by atoms with Crippen molar-refractivity contribution in [3.63, 3.8) is 0 Å². The van der Waals surface area contributed by atoms with Crippen LogP contribution in [0.5, 0.6) is 0 Å². The topological polar surface area (TPSA) is 46.0 Å². The summed E-state index contributed by atoms with van der Waals surface area (Å²) < 4.78 is 5.39. The van der Waals surface area contributed by atoms with Crippen molar-refractivity contribution >= 4 is 40.5 Å². The number of ether oxygens (including phenoxy) is 1. The number of quaternary nitrogens is 1. The summed E-state index contributed by atoms with van der Waals surface area (Å²) in [7, 11) is 1.98. The van der Waals surface area contributed by atoms with Gasteiger partial charge in [-0.25, -0.2) is 0 Å². The maximum Gasteiger partial charge on any atom is 0.282 e. The molecule has 1 amide bonds. The van der Waals surface area contributed by atoms with Gasteiger partial charge in [-0.1, -0.05) is 29.3 Å². The highest BCUT2D eigenvalue weighted by molar-refractivity contribution is 6.35. The molecule has 1 aliphatic heterocycles. The van der Waals surface area contributed by atoms with Crippen LogP contribution in [0.3, 0.4) is 0 Å². The van der Waals surface area contributed by atoms with Gasteiger partial charge < -0.3 is 19.9 Å². The predicted molar refractivity (Wildman–Crippen MR) is 115 cm³/mol. The minimum Gasteiger partial charge on any atom is -0.378 e. The zero-order chi connectivity index (χ0) is 20.1. The van der Waals surface area contributed by atoms with Gasteiger partial charge in [0.2, 0.25) is 0 Å². The molecule has 5 nitrogen and oxygen atoms in total. The average Bonchev–Trinajstić information content (AvgIpc) is 2.70. The lowest BCUT2D eigenvalue weighted by atomic mass is 10.1. The Morgan fingerprint density at radius 1 is 1.18 bits per heavy atom. The highest BCUT2D eigenvalue weighted by Gasteiger charge is 2.23. The smallest absolute Gasteiger partial charge is 0.282 e. The molecular weight excluding hydrogens is 397 g/mol. The summed E-state index contributed by atoms with van der Waals surface area (Å²) in [6.07, 6.45) is 0. The van der Waals surface area contributed by atoms with Crippen LogP contribution in [0.4, 0.5) is 11.4 Å². The molecule has 0 bridgehead atoms. The lowest BCUT2D eigenvalue weighted by Gasteiger charge is -2.29. The molecule has 0 aliphatic carbocycles. The molecule has 1 unspecified atom stereocenters. The number of nitrogens with zero attached hydrogens (tertiary/aromatic N) is 1. The van der Waals surface area contributed by atoms with Crippen molar-refractivity contribution in [3.8, 4) is 0 Å². The van der Waals surface area contributed by atoms with Gasteiger partial charge >= 0.3 is 0 Å². The molecule has 2 aromatic rings. The van der Waals surface area contributed by atoms with E-state index in [0.717, 1.165) is 48.1 Å². The summed E-state index contributed by atoms with van der Waals surface area (Å²) in [5, 5.41) is 4.24. The van der Waals surface area contributed by atoms with Crippen LogP contribution in [0, 0.1) is 0 Å². The number of hydrogen-bond acceptors (Lipinski definition) is 3. The lowest BCUT2D eigenvalue weighted by molar-refractivity contribution is -0.907. The number of benzene rings is 2. The third-order valence-corrected chi connectivity index (χ3v) is 5.71. The Bertz CT molecular complexity index is 808. The number of halogens is 2. The summed E-state index contributed by atoms with van der Waals surface area (Å²) in [5.74, 6) is -0.0262. The maximum atomic E-state index is 12.7. The zero-order valence-electron chi connectivity index (χ0n) is 16.2. The minimum absolute atomic E-state index is 0.0262. The molecule has 2 N–H and O–H groups in total. The van der Waals surface area contributed by atoms with Crippen LogP contribution in [0.15, 0.2) is 42.5 Å². The number of amides is 1. The summed E-state index contributed by atoms with van der Waals surface area (Å²) in [6, 6.07) is 13.2. The van der Waals surface area contributed by atoms with Gasteiger partial charge in [-0.2, -0.15) is 0 Å². The second kappa shape index (κ2) is 9.61. The minimum atomic E-state index is -0.231.